The minimum atomic E-state index is -3.64. The van der Waals surface area contributed by atoms with Crippen molar-refractivity contribution in [3.63, 3.8) is 0 Å². The molecule has 150 valence electrons. The van der Waals surface area contributed by atoms with Crippen molar-refractivity contribution in [3.8, 4) is 0 Å². The maximum absolute atomic E-state index is 13.7. The summed E-state index contributed by atoms with van der Waals surface area (Å²) in [5, 5.41) is 2.35. The molecule has 28 heavy (non-hydrogen) atoms. The van der Waals surface area contributed by atoms with Crippen LogP contribution in [0.15, 0.2) is 47.4 Å². The van der Waals surface area contributed by atoms with Crippen molar-refractivity contribution in [2.45, 2.75) is 25.2 Å². The number of anilines is 1. The van der Waals surface area contributed by atoms with E-state index in [1.54, 1.807) is 0 Å². The zero-order chi connectivity index (χ0) is 20.5. The Morgan fingerprint density at radius 2 is 1.64 bits per heavy atom. The van der Waals surface area contributed by atoms with Crippen LogP contribution >= 0.6 is 0 Å². The molecular formula is C20H22F2N2O3S. The summed E-state index contributed by atoms with van der Waals surface area (Å²) in [4.78, 5) is 12.4. The van der Waals surface area contributed by atoms with Crippen LogP contribution in [0.3, 0.4) is 0 Å². The van der Waals surface area contributed by atoms with Crippen molar-refractivity contribution in [2.75, 3.05) is 18.4 Å². The lowest BCUT2D eigenvalue weighted by Gasteiger charge is -2.34. The molecule has 2 aromatic rings. The zero-order valence-corrected chi connectivity index (χ0v) is 16.5. The summed E-state index contributed by atoms with van der Waals surface area (Å²) in [7, 11) is -3.64. The van der Waals surface area contributed by atoms with E-state index in [2.05, 4.69) is 5.32 Å². The molecule has 1 amide bonds. The quantitative estimate of drug-likeness (QED) is 0.835. The fourth-order valence-electron chi connectivity index (χ4n) is 3.51. The summed E-state index contributed by atoms with van der Waals surface area (Å²) in [5.74, 6) is -1.68. The third-order valence-electron chi connectivity index (χ3n) is 4.77. The van der Waals surface area contributed by atoms with Crippen LogP contribution in [-0.2, 0) is 10.0 Å². The Kier molecular flexibility index (Phi) is 5.81. The highest BCUT2D eigenvalue weighted by molar-refractivity contribution is 7.89. The maximum Gasteiger partial charge on any atom is 0.255 e. The maximum atomic E-state index is 13.7. The molecule has 0 bridgehead atoms. The molecule has 5 nitrogen and oxygen atoms in total. The van der Waals surface area contributed by atoms with Gasteiger partial charge in [-0.25, -0.2) is 17.2 Å². The fourth-order valence-corrected chi connectivity index (χ4v) is 5.19. The molecule has 2 aromatic carbocycles. The molecule has 0 aliphatic carbocycles. The lowest BCUT2D eigenvalue weighted by Crippen LogP contribution is -2.42. The van der Waals surface area contributed by atoms with E-state index in [0.29, 0.717) is 19.2 Å². The summed E-state index contributed by atoms with van der Waals surface area (Å²) >= 11 is 0. The van der Waals surface area contributed by atoms with Crippen molar-refractivity contribution >= 4 is 21.6 Å². The first-order valence-corrected chi connectivity index (χ1v) is 10.5. The molecule has 1 heterocycles. The number of carbonyl (C=O) groups excluding carboxylic acids is 1. The van der Waals surface area contributed by atoms with Crippen molar-refractivity contribution in [3.05, 3.63) is 59.7 Å². The van der Waals surface area contributed by atoms with Crippen LogP contribution in [-0.4, -0.2) is 31.7 Å². The highest BCUT2D eigenvalue weighted by Crippen LogP contribution is 2.27. The molecule has 1 fully saturated rings. The lowest BCUT2D eigenvalue weighted by atomic mass is 9.94. The van der Waals surface area contributed by atoms with Gasteiger partial charge in [-0.05, 0) is 54.7 Å². The van der Waals surface area contributed by atoms with E-state index in [1.807, 2.05) is 13.8 Å². The van der Waals surface area contributed by atoms with E-state index in [4.69, 9.17) is 0 Å². The lowest BCUT2D eigenvalue weighted by molar-refractivity contribution is 0.102. The SMILES string of the molecule is C[C@@H]1C[C@H](C)CN(S(=O)(=O)c2ccc(C(=O)Nc3ccc(F)cc3F)cc2)C1. The second-order valence-electron chi connectivity index (χ2n) is 7.37. The Hall–Kier alpha value is -2.32. The average molecular weight is 408 g/mol. The number of rotatable bonds is 4. The van der Waals surface area contributed by atoms with E-state index in [-0.39, 0.29) is 28.0 Å². The van der Waals surface area contributed by atoms with Crippen molar-refractivity contribution in [1.82, 2.24) is 4.31 Å². The average Bonchev–Trinajstić information content (AvgIpc) is 2.63. The molecule has 3 rings (SSSR count). The molecule has 0 radical (unpaired) electrons. The Morgan fingerprint density at radius 1 is 1.04 bits per heavy atom. The molecule has 0 unspecified atom stereocenters. The van der Waals surface area contributed by atoms with Gasteiger partial charge in [0.05, 0.1) is 10.6 Å². The van der Waals surface area contributed by atoms with Crippen LogP contribution in [0.5, 0.6) is 0 Å². The number of sulfonamides is 1. The van der Waals surface area contributed by atoms with Crippen LogP contribution in [0.1, 0.15) is 30.6 Å². The predicted octanol–water partition coefficient (Wildman–Crippen LogP) is 3.88. The van der Waals surface area contributed by atoms with Crippen LogP contribution in [0.2, 0.25) is 0 Å². The van der Waals surface area contributed by atoms with Crippen LogP contribution in [0.4, 0.5) is 14.5 Å². The number of halogens is 2. The van der Waals surface area contributed by atoms with Crippen LogP contribution < -0.4 is 5.32 Å². The molecule has 1 aliphatic rings. The van der Waals surface area contributed by atoms with Gasteiger partial charge >= 0.3 is 0 Å². The third-order valence-corrected chi connectivity index (χ3v) is 6.61. The third kappa shape index (κ3) is 4.39. The van der Waals surface area contributed by atoms with Gasteiger partial charge in [0.2, 0.25) is 10.0 Å². The Morgan fingerprint density at radius 3 is 2.21 bits per heavy atom. The van der Waals surface area contributed by atoms with E-state index < -0.39 is 27.6 Å². The number of hydrogen-bond acceptors (Lipinski definition) is 3. The summed E-state index contributed by atoms with van der Waals surface area (Å²) in [6.07, 6.45) is 0.991. The van der Waals surface area contributed by atoms with Gasteiger partial charge in [-0.15, -0.1) is 0 Å². The molecule has 0 saturated carbocycles. The molecule has 1 saturated heterocycles. The van der Waals surface area contributed by atoms with E-state index in [0.717, 1.165) is 18.6 Å². The van der Waals surface area contributed by atoms with Crippen molar-refractivity contribution < 1.29 is 22.0 Å². The summed E-state index contributed by atoms with van der Waals surface area (Å²) in [6.45, 7) is 5.00. The smallest absolute Gasteiger partial charge is 0.255 e. The van der Waals surface area contributed by atoms with Gasteiger partial charge in [-0.1, -0.05) is 13.8 Å². The number of carbonyl (C=O) groups is 1. The molecule has 0 aromatic heterocycles. The Bertz CT molecular complexity index is 967. The van der Waals surface area contributed by atoms with E-state index in [9.17, 15) is 22.0 Å². The standard InChI is InChI=1S/C20H22F2N2O3S/c1-13-9-14(2)12-24(11-13)28(26,27)17-6-3-15(4-7-17)20(25)23-19-8-5-16(21)10-18(19)22/h3-8,10,13-14H,9,11-12H2,1-2H3,(H,23,25)/t13-,14+. The summed E-state index contributed by atoms with van der Waals surface area (Å²) in [6, 6.07) is 8.33. The first-order valence-electron chi connectivity index (χ1n) is 9.03. The summed E-state index contributed by atoms with van der Waals surface area (Å²) in [5.41, 5.74) is 0.0162. The molecule has 1 aliphatic heterocycles. The van der Waals surface area contributed by atoms with Crippen LogP contribution in [0, 0.1) is 23.5 Å². The van der Waals surface area contributed by atoms with Crippen LogP contribution in [0.25, 0.3) is 0 Å². The monoisotopic (exact) mass is 408 g/mol. The number of amides is 1. The minimum Gasteiger partial charge on any atom is -0.319 e. The number of benzene rings is 2. The normalized spacial score (nSPS) is 20.7. The second-order valence-corrected chi connectivity index (χ2v) is 9.31. The van der Waals surface area contributed by atoms with Gasteiger partial charge in [0.1, 0.15) is 11.6 Å². The van der Waals surface area contributed by atoms with Gasteiger partial charge in [-0.2, -0.15) is 4.31 Å². The summed E-state index contributed by atoms with van der Waals surface area (Å²) < 4.78 is 53.8. The van der Waals surface area contributed by atoms with Gasteiger partial charge in [0.25, 0.3) is 5.91 Å². The molecule has 8 heteroatoms. The van der Waals surface area contributed by atoms with Gasteiger partial charge in [0.15, 0.2) is 0 Å². The Balaban J connectivity index is 1.76. The molecule has 0 spiro atoms. The number of nitrogens with zero attached hydrogens (tertiary/aromatic N) is 1. The number of hydrogen-bond donors (Lipinski definition) is 1. The van der Waals surface area contributed by atoms with Crippen molar-refractivity contribution in [2.24, 2.45) is 11.8 Å². The largest absolute Gasteiger partial charge is 0.319 e. The van der Waals surface area contributed by atoms with E-state index in [1.165, 1.54) is 28.6 Å². The van der Waals surface area contributed by atoms with E-state index >= 15 is 0 Å². The second kappa shape index (κ2) is 7.97. The predicted molar refractivity (Wildman–Crippen MR) is 102 cm³/mol. The molecule has 2 atom stereocenters. The van der Waals surface area contributed by atoms with Gasteiger partial charge in [0, 0.05) is 24.7 Å². The fraction of sp³-hybridized carbons (Fsp3) is 0.350. The highest BCUT2D eigenvalue weighted by Gasteiger charge is 2.31. The number of piperidine rings is 1. The Labute approximate surface area is 163 Å². The first-order chi connectivity index (χ1) is 13.2. The zero-order valence-electron chi connectivity index (χ0n) is 15.7. The highest BCUT2D eigenvalue weighted by atomic mass is 32.2. The van der Waals surface area contributed by atoms with Gasteiger partial charge in [-0.3, -0.25) is 4.79 Å². The molecular weight excluding hydrogens is 386 g/mol. The minimum absolute atomic E-state index is 0.110. The van der Waals surface area contributed by atoms with Crippen molar-refractivity contribution in [1.29, 1.82) is 0 Å². The first kappa shape index (κ1) is 20.4. The topological polar surface area (TPSA) is 66.5 Å². The number of nitrogens with one attached hydrogen (secondary N) is 1. The van der Waals surface area contributed by atoms with Gasteiger partial charge < -0.3 is 5.32 Å². The molecule has 1 N–H and O–H groups in total.